The van der Waals surface area contributed by atoms with E-state index in [1.807, 2.05) is 20.8 Å². The van der Waals surface area contributed by atoms with Crippen LogP contribution in [-0.2, 0) is 22.4 Å². The largest absolute Gasteiger partial charge is 0.462 e. The number of ether oxygens (including phenoxy) is 3. The molecule has 1 amide bonds. The van der Waals surface area contributed by atoms with Gasteiger partial charge in [0.25, 0.3) is 0 Å². The van der Waals surface area contributed by atoms with Crippen LogP contribution in [0.2, 0.25) is 0 Å². The minimum absolute atomic E-state index is 0.165. The molecule has 2 aromatic carbocycles. The molecule has 0 bridgehead atoms. The average molecular weight is 603 g/mol. The van der Waals surface area contributed by atoms with Crippen molar-refractivity contribution in [3.63, 3.8) is 0 Å². The van der Waals surface area contributed by atoms with Crippen molar-refractivity contribution in [1.29, 1.82) is 0 Å². The van der Waals surface area contributed by atoms with Crippen molar-refractivity contribution in [2.75, 3.05) is 69.9 Å². The summed E-state index contributed by atoms with van der Waals surface area (Å²) >= 11 is 0. The highest BCUT2D eigenvalue weighted by Crippen LogP contribution is 2.35. The van der Waals surface area contributed by atoms with Crippen molar-refractivity contribution in [3.8, 4) is 6.01 Å². The van der Waals surface area contributed by atoms with E-state index >= 15 is 0 Å². The molecule has 4 heterocycles. The summed E-state index contributed by atoms with van der Waals surface area (Å²) in [6.45, 7) is 11.1. The number of hydrogen-bond acceptors (Lipinski definition) is 9. The summed E-state index contributed by atoms with van der Waals surface area (Å²) in [7, 11) is 3.83. The first-order valence-electron chi connectivity index (χ1n) is 15.9. The Balaban J connectivity index is 1.30. The van der Waals surface area contributed by atoms with Gasteiger partial charge >= 0.3 is 12.1 Å². The standard InChI is InChI=1S/C34H46N6O4/c1-34(2,3)44-33(41)40-19-18-39(20-26(40)22-42-5)31-28-15-17-38(30-14-8-11-24-10-6-7-13-27(24)30)21-29(28)35-32(36-31)43-23-25-12-9-16-37(25)4/h6-8,10-11,13-14,25-26H,9,12,15-23H2,1-5H3/t25-,26-/m0/s1. The number of amides is 1. The van der Waals surface area contributed by atoms with E-state index < -0.39 is 5.60 Å². The van der Waals surface area contributed by atoms with Crippen LogP contribution in [0.5, 0.6) is 6.01 Å². The molecule has 0 aliphatic carbocycles. The van der Waals surface area contributed by atoms with Crippen molar-refractivity contribution in [1.82, 2.24) is 19.8 Å². The number of aromatic nitrogens is 2. The van der Waals surface area contributed by atoms with Gasteiger partial charge in [0.05, 0.1) is 24.9 Å². The molecule has 1 aromatic heterocycles. The molecular weight excluding hydrogens is 556 g/mol. The summed E-state index contributed by atoms with van der Waals surface area (Å²) in [6, 6.07) is 15.7. The quantitative estimate of drug-likeness (QED) is 0.381. The summed E-state index contributed by atoms with van der Waals surface area (Å²) in [4.78, 5) is 32.0. The number of likely N-dealkylation sites (N-methyl/N-ethyl adjacent to an activating group) is 1. The van der Waals surface area contributed by atoms with Crippen LogP contribution in [0.3, 0.4) is 0 Å². The second-order valence-corrected chi connectivity index (χ2v) is 13.2. The molecule has 6 rings (SSSR count). The molecule has 0 saturated carbocycles. The second kappa shape index (κ2) is 12.8. The second-order valence-electron chi connectivity index (χ2n) is 13.2. The highest BCUT2D eigenvalue weighted by atomic mass is 16.6. The molecule has 0 spiro atoms. The van der Waals surface area contributed by atoms with Crippen LogP contribution in [0.25, 0.3) is 10.8 Å². The van der Waals surface area contributed by atoms with E-state index in [1.165, 1.54) is 22.9 Å². The molecular formula is C34H46N6O4. The van der Waals surface area contributed by atoms with Gasteiger partial charge in [-0.15, -0.1) is 0 Å². The first kappa shape index (κ1) is 30.4. The highest BCUT2D eigenvalue weighted by Gasteiger charge is 2.36. The van der Waals surface area contributed by atoms with E-state index in [9.17, 15) is 4.79 Å². The lowest BCUT2D eigenvalue weighted by molar-refractivity contribution is 0.00335. The van der Waals surface area contributed by atoms with Gasteiger partial charge in [-0.3, -0.25) is 4.90 Å². The minimum atomic E-state index is -0.562. The maximum Gasteiger partial charge on any atom is 0.410 e. The van der Waals surface area contributed by atoms with Crippen molar-refractivity contribution < 1.29 is 19.0 Å². The van der Waals surface area contributed by atoms with Crippen LogP contribution < -0.4 is 14.5 Å². The average Bonchev–Trinajstić information content (AvgIpc) is 3.42. The number of fused-ring (bicyclic) bond motifs is 2. The van der Waals surface area contributed by atoms with Gasteiger partial charge in [-0.05, 0) is 65.1 Å². The Labute approximate surface area is 260 Å². The van der Waals surface area contributed by atoms with Crippen LogP contribution in [0.4, 0.5) is 16.3 Å². The number of methoxy groups -OCH3 is 1. The van der Waals surface area contributed by atoms with Gasteiger partial charge in [-0.2, -0.15) is 9.97 Å². The first-order valence-corrected chi connectivity index (χ1v) is 15.9. The number of anilines is 2. The molecule has 0 N–H and O–H groups in total. The Bertz CT molecular complexity index is 1470. The number of hydrogen-bond donors (Lipinski definition) is 0. The first-order chi connectivity index (χ1) is 21.2. The number of piperazine rings is 1. The normalized spacial score (nSPS) is 21.1. The molecule has 0 radical (unpaired) electrons. The van der Waals surface area contributed by atoms with Crippen molar-refractivity contribution >= 4 is 28.4 Å². The van der Waals surface area contributed by atoms with Crippen molar-refractivity contribution in [2.24, 2.45) is 0 Å². The third kappa shape index (κ3) is 6.56. The monoisotopic (exact) mass is 602 g/mol. The van der Waals surface area contributed by atoms with E-state index in [0.29, 0.717) is 51.4 Å². The van der Waals surface area contributed by atoms with Gasteiger partial charge in [0.1, 0.15) is 18.0 Å². The molecule has 236 valence electrons. The molecule has 2 atom stereocenters. The Morgan fingerprint density at radius 2 is 1.77 bits per heavy atom. The molecule has 10 heteroatoms. The summed E-state index contributed by atoms with van der Waals surface area (Å²) in [5.41, 5.74) is 2.82. The van der Waals surface area contributed by atoms with E-state index in [1.54, 1.807) is 12.0 Å². The Hall–Kier alpha value is -3.63. The van der Waals surface area contributed by atoms with Crippen LogP contribution in [0.15, 0.2) is 42.5 Å². The Kier molecular flexibility index (Phi) is 8.82. The number of likely N-dealkylation sites (tertiary alicyclic amines) is 1. The van der Waals surface area contributed by atoms with Crippen LogP contribution in [-0.4, -0.2) is 104 Å². The zero-order valence-electron chi connectivity index (χ0n) is 26.8. The van der Waals surface area contributed by atoms with Gasteiger partial charge in [-0.1, -0.05) is 36.4 Å². The molecule has 2 fully saturated rings. The van der Waals surface area contributed by atoms with Gasteiger partial charge in [0.15, 0.2) is 0 Å². The Morgan fingerprint density at radius 1 is 0.955 bits per heavy atom. The number of carbonyl (C=O) groups is 1. The molecule has 44 heavy (non-hydrogen) atoms. The van der Waals surface area contributed by atoms with Gasteiger partial charge in [0.2, 0.25) is 0 Å². The number of benzene rings is 2. The fourth-order valence-corrected chi connectivity index (χ4v) is 6.71. The minimum Gasteiger partial charge on any atom is -0.462 e. The fourth-order valence-electron chi connectivity index (χ4n) is 6.71. The third-order valence-electron chi connectivity index (χ3n) is 8.98. The van der Waals surface area contributed by atoms with Gasteiger partial charge < -0.3 is 28.9 Å². The topological polar surface area (TPSA) is 83.5 Å². The SMILES string of the molecule is COC[C@@H]1CN(c2nc(OC[C@@H]3CCCN3C)nc3c2CCN(c2cccc4ccccc24)C3)CCN1C(=O)OC(C)(C)C. The summed E-state index contributed by atoms with van der Waals surface area (Å²) in [5.74, 6) is 0.910. The third-order valence-corrected chi connectivity index (χ3v) is 8.98. The van der Waals surface area contributed by atoms with Crippen LogP contribution >= 0.6 is 0 Å². The molecule has 0 unspecified atom stereocenters. The number of rotatable bonds is 7. The van der Waals surface area contributed by atoms with Crippen molar-refractivity contribution in [2.45, 2.75) is 64.3 Å². The maximum atomic E-state index is 13.1. The zero-order valence-corrected chi connectivity index (χ0v) is 26.8. The lowest BCUT2D eigenvalue weighted by Crippen LogP contribution is -2.58. The lowest BCUT2D eigenvalue weighted by Gasteiger charge is -2.43. The van der Waals surface area contributed by atoms with Gasteiger partial charge in [0, 0.05) is 56.0 Å². The van der Waals surface area contributed by atoms with E-state index in [-0.39, 0.29) is 12.1 Å². The van der Waals surface area contributed by atoms with E-state index in [4.69, 9.17) is 24.2 Å². The molecule has 10 nitrogen and oxygen atoms in total. The highest BCUT2D eigenvalue weighted by molar-refractivity contribution is 5.94. The Morgan fingerprint density at radius 3 is 2.55 bits per heavy atom. The predicted molar refractivity (Wildman–Crippen MR) is 173 cm³/mol. The molecule has 3 aliphatic rings. The van der Waals surface area contributed by atoms with E-state index in [0.717, 1.165) is 43.0 Å². The lowest BCUT2D eigenvalue weighted by atomic mass is 10.0. The molecule has 3 aromatic rings. The summed E-state index contributed by atoms with van der Waals surface area (Å²) in [5, 5.41) is 2.48. The summed E-state index contributed by atoms with van der Waals surface area (Å²) in [6.07, 6.45) is 2.82. The maximum absolute atomic E-state index is 13.1. The molecule has 2 saturated heterocycles. The predicted octanol–water partition coefficient (Wildman–Crippen LogP) is 4.74. The number of carbonyl (C=O) groups excluding carboxylic acids is 1. The smallest absolute Gasteiger partial charge is 0.410 e. The van der Waals surface area contributed by atoms with Crippen LogP contribution in [0.1, 0.15) is 44.9 Å². The van der Waals surface area contributed by atoms with Gasteiger partial charge in [-0.25, -0.2) is 4.79 Å². The van der Waals surface area contributed by atoms with E-state index in [2.05, 4.69) is 64.2 Å². The van der Waals surface area contributed by atoms with Crippen molar-refractivity contribution in [3.05, 3.63) is 53.7 Å². The zero-order chi connectivity index (χ0) is 30.8. The fraction of sp³-hybridized carbons (Fsp3) is 0.559. The number of nitrogens with zero attached hydrogens (tertiary/aromatic N) is 6. The summed E-state index contributed by atoms with van der Waals surface area (Å²) < 4.78 is 17.6. The van der Waals surface area contributed by atoms with Crippen LogP contribution in [0, 0.1) is 0 Å². The molecule has 3 aliphatic heterocycles.